The van der Waals surface area contributed by atoms with Gasteiger partial charge in [-0.25, -0.2) is 0 Å². The number of imide groups is 1. The molecular weight excluding hydrogens is 372 g/mol. The van der Waals surface area contributed by atoms with Gasteiger partial charge in [0.1, 0.15) is 18.4 Å². The van der Waals surface area contributed by atoms with E-state index >= 15 is 0 Å². The Balaban J connectivity index is 1.35. The number of nitrogens with one attached hydrogen (secondary N) is 1. The van der Waals surface area contributed by atoms with Crippen LogP contribution < -0.4 is 10.1 Å². The molecule has 0 aromatic heterocycles. The Morgan fingerprint density at radius 1 is 1.00 bits per heavy atom. The van der Waals surface area contributed by atoms with Crippen LogP contribution >= 0.6 is 0 Å². The van der Waals surface area contributed by atoms with E-state index in [1.807, 2.05) is 36.4 Å². The molecule has 2 heterocycles. The first kappa shape index (κ1) is 19.1. The second kappa shape index (κ2) is 8.45. The summed E-state index contributed by atoms with van der Waals surface area (Å²) in [7, 11) is 0. The average molecular weight is 394 g/mol. The third kappa shape index (κ3) is 4.14. The minimum Gasteiger partial charge on any atom is -0.491 e. The molecule has 0 aliphatic carbocycles. The summed E-state index contributed by atoms with van der Waals surface area (Å²) in [6.07, 6.45) is 0.576. The van der Waals surface area contributed by atoms with Gasteiger partial charge in [0.05, 0.1) is 19.8 Å². The van der Waals surface area contributed by atoms with Gasteiger partial charge in [0.2, 0.25) is 11.8 Å². The number of ether oxygens (including phenoxy) is 2. The molecule has 7 nitrogen and oxygen atoms in total. The fraction of sp³-hybridized carbons (Fsp3) is 0.318. The molecule has 0 spiro atoms. The van der Waals surface area contributed by atoms with Crippen molar-refractivity contribution >= 4 is 17.7 Å². The number of rotatable bonds is 7. The first-order valence-corrected chi connectivity index (χ1v) is 9.64. The third-order valence-corrected chi connectivity index (χ3v) is 5.14. The number of hydrogen-bond acceptors (Lipinski definition) is 5. The summed E-state index contributed by atoms with van der Waals surface area (Å²) < 4.78 is 11.5. The SMILES string of the molecule is O=C1CCC(N2Cc3c(OCCOCc4ccccc4)cccc3C2=O)C(=O)N1. The molecule has 29 heavy (non-hydrogen) atoms. The lowest BCUT2D eigenvalue weighted by molar-refractivity contribution is -0.136. The van der Waals surface area contributed by atoms with Crippen LogP contribution in [0.4, 0.5) is 0 Å². The standard InChI is InChI=1S/C22H22N2O5/c25-20-10-9-18(21(26)23-20)24-13-17-16(22(24)27)7-4-8-19(17)29-12-11-28-14-15-5-2-1-3-6-15/h1-8,18H,9-14H2,(H,23,25,26). The van der Waals surface area contributed by atoms with Gasteiger partial charge in [-0.15, -0.1) is 0 Å². The van der Waals surface area contributed by atoms with Crippen molar-refractivity contribution in [2.24, 2.45) is 0 Å². The zero-order valence-corrected chi connectivity index (χ0v) is 15.9. The van der Waals surface area contributed by atoms with Crippen molar-refractivity contribution in [3.05, 3.63) is 65.2 Å². The lowest BCUT2D eigenvalue weighted by Crippen LogP contribution is -2.52. The molecule has 2 aliphatic heterocycles. The maximum atomic E-state index is 12.8. The second-order valence-electron chi connectivity index (χ2n) is 7.07. The molecule has 3 amide bonds. The predicted molar refractivity (Wildman–Crippen MR) is 104 cm³/mol. The highest BCUT2D eigenvalue weighted by molar-refractivity contribution is 6.05. The monoisotopic (exact) mass is 394 g/mol. The summed E-state index contributed by atoms with van der Waals surface area (Å²) in [5.41, 5.74) is 2.40. The van der Waals surface area contributed by atoms with Gasteiger partial charge in [-0.3, -0.25) is 19.7 Å². The van der Waals surface area contributed by atoms with Crippen molar-refractivity contribution in [2.45, 2.75) is 32.0 Å². The van der Waals surface area contributed by atoms with E-state index in [1.54, 1.807) is 12.1 Å². The first-order chi connectivity index (χ1) is 14.1. The zero-order chi connectivity index (χ0) is 20.2. The Morgan fingerprint density at radius 2 is 1.83 bits per heavy atom. The van der Waals surface area contributed by atoms with Gasteiger partial charge >= 0.3 is 0 Å². The van der Waals surface area contributed by atoms with Crippen molar-refractivity contribution in [3.8, 4) is 5.75 Å². The molecule has 4 rings (SSSR count). The molecule has 0 saturated carbocycles. The Labute approximate surface area is 168 Å². The van der Waals surface area contributed by atoms with E-state index in [2.05, 4.69) is 5.32 Å². The molecular formula is C22H22N2O5. The summed E-state index contributed by atoms with van der Waals surface area (Å²) in [6, 6.07) is 14.6. The topological polar surface area (TPSA) is 84.9 Å². The quantitative estimate of drug-likeness (QED) is 0.574. The molecule has 0 bridgehead atoms. The van der Waals surface area contributed by atoms with Gasteiger partial charge in [-0.05, 0) is 24.1 Å². The number of carbonyl (C=O) groups excluding carboxylic acids is 3. The number of carbonyl (C=O) groups is 3. The smallest absolute Gasteiger partial charge is 0.255 e. The minimum absolute atomic E-state index is 0.208. The highest BCUT2D eigenvalue weighted by Crippen LogP contribution is 2.33. The lowest BCUT2D eigenvalue weighted by Gasteiger charge is -2.29. The first-order valence-electron chi connectivity index (χ1n) is 9.64. The van der Waals surface area contributed by atoms with Crippen LogP contribution in [0.2, 0.25) is 0 Å². The number of hydrogen-bond donors (Lipinski definition) is 1. The van der Waals surface area contributed by atoms with Crippen LogP contribution in [-0.4, -0.2) is 41.9 Å². The van der Waals surface area contributed by atoms with E-state index in [9.17, 15) is 14.4 Å². The highest BCUT2D eigenvalue weighted by atomic mass is 16.5. The van der Waals surface area contributed by atoms with Gasteiger partial charge in [0.15, 0.2) is 0 Å². The normalized spacial score (nSPS) is 18.6. The highest BCUT2D eigenvalue weighted by Gasteiger charge is 2.40. The van der Waals surface area contributed by atoms with Crippen LogP contribution in [0.25, 0.3) is 0 Å². The number of fused-ring (bicyclic) bond motifs is 1. The number of nitrogens with zero attached hydrogens (tertiary/aromatic N) is 1. The fourth-order valence-corrected chi connectivity index (χ4v) is 3.67. The fourth-order valence-electron chi connectivity index (χ4n) is 3.67. The average Bonchev–Trinajstić information content (AvgIpc) is 3.06. The van der Waals surface area contributed by atoms with Crippen molar-refractivity contribution in [3.63, 3.8) is 0 Å². The second-order valence-corrected chi connectivity index (χ2v) is 7.07. The molecule has 2 aliphatic rings. The van der Waals surface area contributed by atoms with Crippen LogP contribution in [0.1, 0.15) is 34.3 Å². The Morgan fingerprint density at radius 3 is 2.62 bits per heavy atom. The van der Waals surface area contributed by atoms with E-state index in [4.69, 9.17) is 9.47 Å². The Kier molecular flexibility index (Phi) is 5.57. The lowest BCUT2D eigenvalue weighted by atomic mass is 10.0. The van der Waals surface area contributed by atoms with Crippen LogP contribution in [-0.2, 0) is 27.5 Å². The third-order valence-electron chi connectivity index (χ3n) is 5.14. The number of amides is 3. The zero-order valence-electron chi connectivity index (χ0n) is 15.9. The van der Waals surface area contributed by atoms with E-state index in [-0.39, 0.29) is 18.2 Å². The molecule has 2 aromatic rings. The summed E-state index contributed by atoms with van der Waals surface area (Å²) in [5.74, 6) is -0.302. The van der Waals surface area contributed by atoms with Crippen molar-refractivity contribution in [2.75, 3.05) is 13.2 Å². The van der Waals surface area contributed by atoms with E-state index in [1.165, 1.54) is 4.90 Å². The van der Waals surface area contributed by atoms with Crippen LogP contribution in [0.5, 0.6) is 5.75 Å². The molecule has 1 saturated heterocycles. The Bertz CT molecular complexity index is 928. The van der Waals surface area contributed by atoms with Crippen LogP contribution in [0, 0.1) is 0 Å². The molecule has 1 N–H and O–H groups in total. The van der Waals surface area contributed by atoms with E-state index < -0.39 is 11.9 Å². The van der Waals surface area contributed by atoms with Crippen molar-refractivity contribution in [1.82, 2.24) is 10.2 Å². The number of piperidine rings is 1. The van der Waals surface area contributed by atoms with Crippen LogP contribution in [0.15, 0.2) is 48.5 Å². The van der Waals surface area contributed by atoms with Gasteiger partial charge in [-0.2, -0.15) is 0 Å². The van der Waals surface area contributed by atoms with E-state index in [0.717, 1.165) is 11.1 Å². The van der Waals surface area contributed by atoms with Crippen molar-refractivity contribution in [1.29, 1.82) is 0 Å². The summed E-state index contributed by atoms with van der Waals surface area (Å²) in [4.78, 5) is 37.9. The predicted octanol–water partition coefficient (Wildman–Crippen LogP) is 2.04. The van der Waals surface area contributed by atoms with Crippen molar-refractivity contribution < 1.29 is 23.9 Å². The molecule has 150 valence electrons. The van der Waals surface area contributed by atoms with Gasteiger partial charge in [0.25, 0.3) is 5.91 Å². The van der Waals surface area contributed by atoms with E-state index in [0.29, 0.717) is 44.1 Å². The molecule has 1 unspecified atom stereocenters. The summed E-state index contributed by atoms with van der Waals surface area (Å²) >= 11 is 0. The Hall–Kier alpha value is -3.19. The maximum absolute atomic E-state index is 12.8. The number of benzene rings is 2. The molecule has 1 atom stereocenters. The largest absolute Gasteiger partial charge is 0.491 e. The summed E-state index contributed by atoms with van der Waals surface area (Å²) in [5, 5.41) is 2.31. The van der Waals surface area contributed by atoms with Gasteiger partial charge < -0.3 is 14.4 Å². The molecule has 1 fully saturated rings. The summed E-state index contributed by atoms with van der Waals surface area (Å²) in [6.45, 7) is 1.58. The van der Waals surface area contributed by atoms with Gasteiger partial charge in [-0.1, -0.05) is 36.4 Å². The van der Waals surface area contributed by atoms with Gasteiger partial charge in [0, 0.05) is 17.5 Å². The maximum Gasteiger partial charge on any atom is 0.255 e. The van der Waals surface area contributed by atoms with Crippen LogP contribution in [0.3, 0.4) is 0 Å². The molecule has 0 radical (unpaired) electrons. The molecule has 2 aromatic carbocycles. The molecule has 7 heteroatoms. The minimum atomic E-state index is -0.630.